The van der Waals surface area contributed by atoms with Crippen LogP contribution in [0.2, 0.25) is 0 Å². The van der Waals surface area contributed by atoms with E-state index >= 15 is 0 Å². The van der Waals surface area contributed by atoms with E-state index in [2.05, 4.69) is 16.3 Å². The highest BCUT2D eigenvalue weighted by Crippen LogP contribution is 2.13. The predicted molar refractivity (Wildman–Crippen MR) is 77.0 cm³/mol. The van der Waals surface area contributed by atoms with Crippen LogP contribution in [0.25, 0.3) is 0 Å². The van der Waals surface area contributed by atoms with E-state index in [9.17, 15) is 5.11 Å². The molecule has 1 aromatic rings. The maximum atomic E-state index is 9.42. The van der Waals surface area contributed by atoms with E-state index < -0.39 is 0 Å². The second-order valence-corrected chi connectivity index (χ2v) is 6.01. The number of aliphatic hydroxyl groups is 1. The van der Waals surface area contributed by atoms with Crippen molar-refractivity contribution in [3.05, 3.63) is 21.9 Å². The van der Waals surface area contributed by atoms with Crippen LogP contribution < -0.4 is 5.32 Å². The Morgan fingerprint density at radius 3 is 2.95 bits per heavy atom. The number of likely N-dealkylation sites (tertiary alicyclic amines) is 1. The molecule has 0 amide bonds. The average Bonchev–Trinajstić information content (AvgIpc) is 2.88. The molecule has 1 saturated heterocycles. The maximum absolute atomic E-state index is 9.42. The SMILES string of the molecule is N#Cc1csc(CNCCCN2CCC(O)CC2)c1. The van der Waals surface area contributed by atoms with Crippen molar-refractivity contribution in [2.75, 3.05) is 26.2 Å². The summed E-state index contributed by atoms with van der Waals surface area (Å²) in [7, 11) is 0. The van der Waals surface area contributed by atoms with E-state index in [4.69, 9.17) is 5.26 Å². The summed E-state index contributed by atoms with van der Waals surface area (Å²) in [5.41, 5.74) is 0.758. The van der Waals surface area contributed by atoms with E-state index in [-0.39, 0.29) is 6.10 Å². The van der Waals surface area contributed by atoms with Crippen molar-refractivity contribution in [1.29, 1.82) is 5.26 Å². The Kier molecular flexibility index (Phi) is 5.80. The summed E-state index contributed by atoms with van der Waals surface area (Å²) >= 11 is 1.64. The molecule has 19 heavy (non-hydrogen) atoms. The lowest BCUT2D eigenvalue weighted by Crippen LogP contribution is -2.37. The molecular formula is C14H21N3OS. The summed E-state index contributed by atoms with van der Waals surface area (Å²) in [5, 5.41) is 23.5. The highest BCUT2D eigenvalue weighted by Gasteiger charge is 2.15. The number of nitriles is 1. The molecule has 104 valence electrons. The van der Waals surface area contributed by atoms with Crippen LogP contribution in [0.4, 0.5) is 0 Å². The van der Waals surface area contributed by atoms with Gasteiger partial charge in [0.2, 0.25) is 0 Å². The molecule has 0 saturated carbocycles. The van der Waals surface area contributed by atoms with Crippen LogP contribution in [0, 0.1) is 11.3 Å². The third-order valence-electron chi connectivity index (χ3n) is 3.47. The first-order valence-electron chi connectivity index (χ1n) is 6.86. The van der Waals surface area contributed by atoms with Crippen LogP contribution in [0.5, 0.6) is 0 Å². The standard InChI is InChI=1S/C14H21N3OS/c15-9-12-8-14(19-11-12)10-16-4-1-5-17-6-2-13(18)3-7-17/h8,11,13,16,18H,1-7,10H2. The quantitative estimate of drug-likeness (QED) is 0.776. The molecule has 1 fully saturated rings. The number of rotatable bonds is 6. The Hall–Kier alpha value is -0.930. The molecule has 4 nitrogen and oxygen atoms in total. The summed E-state index contributed by atoms with van der Waals surface area (Å²) in [4.78, 5) is 3.64. The van der Waals surface area contributed by atoms with Gasteiger partial charge in [-0.3, -0.25) is 0 Å². The van der Waals surface area contributed by atoms with Gasteiger partial charge in [-0.15, -0.1) is 11.3 Å². The van der Waals surface area contributed by atoms with Crippen molar-refractivity contribution >= 4 is 11.3 Å². The van der Waals surface area contributed by atoms with Gasteiger partial charge in [-0.05, 0) is 38.4 Å². The second-order valence-electron chi connectivity index (χ2n) is 5.02. The van der Waals surface area contributed by atoms with Gasteiger partial charge in [0.15, 0.2) is 0 Å². The lowest BCUT2D eigenvalue weighted by Gasteiger charge is -2.29. The highest BCUT2D eigenvalue weighted by atomic mass is 32.1. The van der Waals surface area contributed by atoms with Gasteiger partial charge in [0, 0.05) is 29.9 Å². The maximum Gasteiger partial charge on any atom is 0.100 e. The predicted octanol–water partition coefficient (Wildman–Crippen LogP) is 1.56. The number of nitrogens with one attached hydrogen (secondary N) is 1. The van der Waals surface area contributed by atoms with Crippen LogP contribution in [-0.4, -0.2) is 42.3 Å². The Bertz CT molecular complexity index is 419. The van der Waals surface area contributed by atoms with Crippen molar-refractivity contribution in [3.63, 3.8) is 0 Å². The highest BCUT2D eigenvalue weighted by molar-refractivity contribution is 7.10. The van der Waals surface area contributed by atoms with E-state index in [1.54, 1.807) is 11.3 Å². The average molecular weight is 279 g/mol. The molecule has 0 unspecified atom stereocenters. The number of nitrogens with zero attached hydrogens (tertiary/aromatic N) is 2. The normalized spacial score (nSPS) is 17.5. The lowest BCUT2D eigenvalue weighted by atomic mass is 10.1. The van der Waals surface area contributed by atoms with Crippen LogP contribution >= 0.6 is 11.3 Å². The molecule has 0 bridgehead atoms. The number of hydrogen-bond donors (Lipinski definition) is 2. The molecule has 0 atom stereocenters. The van der Waals surface area contributed by atoms with Gasteiger partial charge in [0.25, 0.3) is 0 Å². The molecule has 5 heteroatoms. The smallest absolute Gasteiger partial charge is 0.100 e. The van der Waals surface area contributed by atoms with Gasteiger partial charge in [-0.25, -0.2) is 0 Å². The first kappa shape index (κ1) is 14.5. The van der Waals surface area contributed by atoms with Crippen LogP contribution in [0.1, 0.15) is 29.7 Å². The number of hydrogen-bond acceptors (Lipinski definition) is 5. The Balaban J connectivity index is 1.54. The van der Waals surface area contributed by atoms with Gasteiger partial charge >= 0.3 is 0 Å². The molecule has 1 aromatic heterocycles. The molecule has 0 spiro atoms. The fourth-order valence-corrected chi connectivity index (χ4v) is 3.09. The second kappa shape index (κ2) is 7.61. The number of thiophene rings is 1. The number of piperidine rings is 1. The monoisotopic (exact) mass is 279 g/mol. The molecule has 1 aliphatic rings. The van der Waals surface area contributed by atoms with Crippen LogP contribution in [-0.2, 0) is 6.54 Å². The van der Waals surface area contributed by atoms with Gasteiger partial charge in [0.05, 0.1) is 11.7 Å². The molecule has 0 aromatic carbocycles. The van der Waals surface area contributed by atoms with E-state index in [0.29, 0.717) is 0 Å². The van der Waals surface area contributed by atoms with Gasteiger partial charge in [-0.2, -0.15) is 5.26 Å². The lowest BCUT2D eigenvalue weighted by molar-refractivity contribution is 0.0821. The molecule has 2 N–H and O–H groups in total. The summed E-state index contributed by atoms with van der Waals surface area (Å²) in [5.74, 6) is 0. The molecule has 2 rings (SSSR count). The van der Waals surface area contributed by atoms with Gasteiger partial charge < -0.3 is 15.3 Å². The first-order chi connectivity index (χ1) is 9.28. The third-order valence-corrected chi connectivity index (χ3v) is 4.40. The van der Waals surface area contributed by atoms with Crippen molar-refractivity contribution in [1.82, 2.24) is 10.2 Å². The summed E-state index contributed by atoms with van der Waals surface area (Å²) in [6, 6.07) is 4.10. The van der Waals surface area contributed by atoms with Crippen LogP contribution in [0.3, 0.4) is 0 Å². The molecular weight excluding hydrogens is 258 g/mol. The zero-order valence-corrected chi connectivity index (χ0v) is 12.0. The van der Waals surface area contributed by atoms with Crippen molar-refractivity contribution in [3.8, 4) is 6.07 Å². The number of aliphatic hydroxyl groups excluding tert-OH is 1. The summed E-state index contributed by atoms with van der Waals surface area (Å²) in [6.07, 6.45) is 2.88. The zero-order valence-electron chi connectivity index (χ0n) is 11.1. The fraction of sp³-hybridized carbons (Fsp3) is 0.643. The molecule has 2 heterocycles. The van der Waals surface area contributed by atoms with Crippen LogP contribution in [0.15, 0.2) is 11.4 Å². The largest absolute Gasteiger partial charge is 0.393 e. The zero-order chi connectivity index (χ0) is 13.5. The summed E-state index contributed by atoms with van der Waals surface area (Å²) in [6.45, 7) is 5.01. The third kappa shape index (κ3) is 4.92. The Labute approximate surface area is 118 Å². The first-order valence-corrected chi connectivity index (χ1v) is 7.74. The van der Waals surface area contributed by atoms with Crippen molar-refractivity contribution < 1.29 is 5.11 Å². The molecule has 0 radical (unpaired) electrons. The minimum atomic E-state index is -0.0810. The molecule has 0 aliphatic carbocycles. The van der Waals surface area contributed by atoms with Gasteiger partial charge in [0.1, 0.15) is 6.07 Å². The minimum Gasteiger partial charge on any atom is -0.393 e. The molecule has 1 aliphatic heterocycles. The minimum absolute atomic E-state index is 0.0810. The van der Waals surface area contributed by atoms with Crippen molar-refractivity contribution in [2.24, 2.45) is 0 Å². The topological polar surface area (TPSA) is 59.3 Å². The van der Waals surface area contributed by atoms with E-state index in [1.165, 1.54) is 4.88 Å². The van der Waals surface area contributed by atoms with Gasteiger partial charge in [-0.1, -0.05) is 0 Å². The van der Waals surface area contributed by atoms with Crippen molar-refractivity contribution in [2.45, 2.75) is 31.9 Å². The fourth-order valence-electron chi connectivity index (χ4n) is 2.31. The van der Waals surface area contributed by atoms with E-state index in [0.717, 1.165) is 57.5 Å². The van der Waals surface area contributed by atoms with E-state index in [1.807, 2.05) is 11.4 Å². The Morgan fingerprint density at radius 1 is 1.47 bits per heavy atom. The summed E-state index contributed by atoms with van der Waals surface area (Å²) < 4.78 is 0. The Morgan fingerprint density at radius 2 is 2.26 bits per heavy atom.